The summed E-state index contributed by atoms with van der Waals surface area (Å²) in [5.74, 6) is 0. The van der Waals surface area contributed by atoms with Crippen molar-refractivity contribution in [1.29, 1.82) is 0 Å². The summed E-state index contributed by atoms with van der Waals surface area (Å²) in [5, 5.41) is 0. The van der Waals surface area contributed by atoms with Gasteiger partial charge in [-0.2, -0.15) is 0 Å². The lowest BCUT2D eigenvalue weighted by Crippen LogP contribution is -2.10. The standard InChI is InChI=1S/C55H39N/c1-38-17-5-6-20-43(38)45-22-9-10-24-47(45)46-23-8-7-21-44(46)39-31-33-41(34-32-39)56(40-18-3-2-4-19-40)42-35-36-54-52-29-14-13-27-50(52)48-25-11-12-26-49(48)51-28-15-16-30-53(51)55(54)37-42/h2-37H,1H3. The Kier molecular flexibility index (Phi) is 8.46. The molecule has 0 saturated carbocycles. The lowest BCUT2D eigenvalue weighted by atomic mass is 9.81. The first-order valence-corrected chi connectivity index (χ1v) is 19.4. The summed E-state index contributed by atoms with van der Waals surface area (Å²) in [6.07, 6.45) is 0. The lowest BCUT2D eigenvalue weighted by Gasteiger charge is -2.28. The Labute approximate surface area is 329 Å². The topological polar surface area (TPSA) is 3.24 Å². The predicted molar refractivity (Wildman–Crippen MR) is 237 cm³/mol. The molecule has 1 heteroatoms. The van der Waals surface area contributed by atoms with Gasteiger partial charge in [-0.05, 0) is 127 Å². The molecule has 0 spiro atoms. The highest BCUT2D eigenvalue weighted by atomic mass is 15.1. The highest BCUT2D eigenvalue weighted by molar-refractivity contribution is 6.04. The first kappa shape index (κ1) is 33.4. The minimum Gasteiger partial charge on any atom is -0.310 e. The van der Waals surface area contributed by atoms with Crippen molar-refractivity contribution in [3.63, 3.8) is 0 Å². The molecule has 0 heterocycles. The number of benzene rings is 9. The molecule has 0 saturated heterocycles. The molecule has 0 unspecified atom stereocenters. The summed E-state index contributed by atoms with van der Waals surface area (Å²) in [6.45, 7) is 2.19. The smallest absolute Gasteiger partial charge is 0.0468 e. The quantitative estimate of drug-likeness (QED) is 0.166. The van der Waals surface area contributed by atoms with Gasteiger partial charge in [0.2, 0.25) is 0 Å². The normalized spacial score (nSPS) is 11.3. The van der Waals surface area contributed by atoms with Crippen LogP contribution in [-0.2, 0) is 0 Å². The van der Waals surface area contributed by atoms with Crippen LogP contribution in [0.2, 0.25) is 0 Å². The average Bonchev–Trinajstić information content (AvgIpc) is 3.27. The van der Waals surface area contributed by atoms with Crippen LogP contribution in [0.4, 0.5) is 17.1 Å². The Bertz CT molecular complexity index is 2860. The molecule has 1 nitrogen and oxygen atoms in total. The Balaban J connectivity index is 1.11. The van der Waals surface area contributed by atoms with Gasteiger partial charge in [0.05, 0.1) is 0 Å². The minimum atomic E-state index is 1.10. The second-order valence-electron chi connectivity index (χ2n) is 14.5. The van der Waals surface area contributed by atoms with E-state index in [9.17, 15) is 0 Å². The van der Waals surface area contributed by atoms with Crippen molar-refractivity contribution in [1.82, 2.24) is 0 Å². The zero-order valence-corrected chi connectivity index (χ0v) is 31.2. The van der Waals surface area contributed by atoms with E-state index in [1.807, 2.05) is 0 Å². The van der Waals surface area contributed by atoms with Gasteiger partial charge < -0.3 is 4.90 Å². The molecule has 1 aliphatic carbocycles. The first-order chi connectivity index (χ1) is 27.7. The summed E-state index contributed by atoms with van der Waals surface area (Å²) in [4.78, 5) is 2.38. The summed E-state index contributed by atoms with van der Waals surface area (Å²) in [6, 6.07) is 79.5. The average molecular weight is 714 g/mol. The van der Waals surface area contributed by atoms with E-state index < -0.39 is 0 Å². The number of hydrogen-bond donors (Lipinski definition) is 0. The fourth-order valence-electron chi connectivity index (χ4n) is 8.60. The zero-order chi connectivity index (χ0) is 37.4. The molecule has 1 aliphatic rings. The molecule has 0 N–H and O–H groups in total. The molecule has 0 aliphatic heterocycles. The SMILES string of the molecule is Cc1ccccc1-c1ccccc1-c1ccccc1-c1ccc(N(c2ccccc2)c2ccc3c(c2)-c2ccccc2-c2ccccc2-c2ccccc2-3)cc1. The van der Waals surface area contributed by atoms with E-state index in [0.717, 1.165) is 17.1 Å². The molecular formula is C55H39N. The van der Waals surface area contributed by atoms with Gasteiger partial charge in [0.25, 0.3) is 0 Å². The fraction of sp³-hybridized carbons (Fsp3) is 0.0182. The Hall–Kier alpha value is -7.22. The fourth-order valence-corrected chi connectivity index (χ4v) is 8.60. The van der Waals surface area contributed by atoms with Crippen molar-refractivity contribution >= 4 is 17.1 Å². The van der Waals surface area contributed by atoms with E-state index >= 15 is 0 Å². The molecule has 0 bridgehead atoms. The molecule has 0 aromatic heterocycles. The third-order valence-corrected chi connectivity index (χ3v) is 11.2. The van der Waals surface area contributed by atoms with E-state index in [1.54, 1.807) is 0 Å². The van der Waals surface area contributed by atoms with Gasteiger partial charge in [0.1, 0.15) is 0 Å². The number of fused-ring (bicyclic) bond motifs is 8. The summed E-state index contributed by atoms with van der Waals surface area (Å²) in [5.41, 5.74) is 21.9. The van der Waals surface area contributed by atoms with Crippen molar-refractivity contribution in [3.05, 3.63) is 224 Å². The molecule has 264 valence electrons. The van der Waals surface area contributed by atoms with Crippen molar-refractivity contribution < 1.29 is 0 Å². The van der Waals surface area contributed by atoms with E-state index in [0.29, 0.717) is 0 Å². The largest absolute Gasteiger partial charge is 0.310 e. The van der Waals surface area contributed by atoms with Crippen molar-refractivity contribution in [2.75, 3.05) is 4.90 Å². The van der Waals surface area contributed by atoms with Crippen LogP contribution in [0.1, 0.15) is 5.56 Å². The van der Waals surface area contributed by atoms with E-state index in [2.05, 4.69) is 230 Å². The van der Waals surface area contributed by atoms with Crippen LogP contribution in [-0.4, -0.2) is 0 Å². The number of rotatable bonds is 6. The molecular weight excluding hydrogens is 675 g/mol. The summed E-state index contributed by atoms with van der Waals surface area (Å²) < 4.78 is 0. The van der Waals surface area contributed by atoms with E-state index in [-0.39, 0.29) is 0 Å². The summed E-state index contributed by atoms with van der Waals surface area (Å²) in [7, 11) is 0. The lowest BCUT2D eigenvalue weighted by molar-refractivity contribution is 1.28. The highest BCUT2D eigenvalue weighted by Crippen LogP contribution is 2.49. The molecule has 9 aromatic rings. The third kappa shape index (κ3) is 5.82. The van der Waals surface area contributed by atoms with E-state index in [4.69, 9.17) is 0 Å². The van der Waals surface area contributed by atoms with Gasteiger partial charge in [0.15, 0.2) is 0 Å². The van der Waals surface area contributed by atoms with Crippen molar-refractivity contribution in [2.45, 2.75) is 6.92 Å². The second kappa shape index (κ2) is 14.2. The van der Waals surface area contributed by atoms with Crippen LogP contribution < -0.4 is 4.90 Å². The molecule has 56 heavy (non-hydrogen) atoms. The third-order valence-electron chi connectivity index (χ3n) is 11.2. The number of aryl methyl sites for hydroxylation is 1. The maximum atomic E-state index is 2.39. The van der Waals surface area contributed by atoms with E-state index in [1.165, 1.54) is 83.5 Å². The Morgan fingerprint density at radius 3 is 1.04 bits per heavy atom. The molecule has 0 fully saturated rings. The molecule has 0 radical (unpaired) electrons. The first-order valence-electron chi connectivity index (χ1n) is 19.4. The minimum absolute atomic E-state index is 1.10. The van der Waals surface area contributed by atoms with Crippen LogP contribution in [0, 0.1) is 6.92 Å². The van der Waals surface area contributed by atoms with Crippen molar-refractivity contribution in [3.8, 4) is 77.9 Å². The number of nitrogens with zero attached hydrogens (tertiary/aromatic N) is 1. The monoisotopic (exact) mass is 713 g/mol. The molecule has 0 amide bonds. The van der Waals surface area contributed by atoms with Gasteiger partial charge >= 0.3 is 0 Å². The number of hydrogen-bond acceptors (Lipinski definition) is 1. The number of anilines is 3. The Morgan fingerprint density at radius 2 is 0.554 bits per heavy atom. The van der Waals surface area contributed by atoms with Gasteiger partial charge in [-0.1, -0.05) is 182 Å². The van der Waals surface area contributed by atoms with Gasteiger partial charge in [0, 0.05) is 17.1 Å². The maximum absolute atomic E-state index is 2.39. The van der Waals surface area contributed by atoms with Crippen molar-refractivity contribution in [2.24, 2.45) is 0 Å². The highest BCUT2D eigenvalue weighted by Gasteiger charge is 2.23. The molecule has 0 atom stereocenters. The second-order valence-corrected chi connectivity index (χ2v) is 14.5. The molecule has 9 aromatic carbocycles. The zero-order valence-electron chi connectivity index (χ0n) is 31.2. The summed E-state index contributed by atoms with van der Waals surface area (Å²) >= 11 is 0. The maximum Gasteiger partial charge on any atom is 0.0468 e. The van der Waals surface area contributed by atoms with Gasteiger partial charge in [-0.25, -0.2) is 0 Å². The van der Waals surface area contributed by atoms with Crippen LogP contribution in [0.15, 0.2) is 218 Å². The van der Waals surface area contributed by atoms with Gasteiger partial charge in [-0.3, -0.25) is 0 Å². The number of para-hydroxylation sites is 1. The molecule has 10 rings (SSSR count). The van der Waals surface area contributed by atoms with Crippen LogP contribution in [0.25, 0.3) is 77.9 Å². The van der Waals surface area contributed by atoms with Crippen LogP contribution >= 0.6 is 0 Å². The van der Waals surface area contributed by atoms with Gasteiger partial charge in [-0.15, -0.1) is 0 Å². The van der Waals surface area contributed by atoms with Crippen LogP contribution in [0.5, 0.6) is 0 Å². The Morgan fingerprint density at radius 1 is 0.232 bits per heavy atom. The predicted octanol–water partition coefficient (Wildman–Crippen LogP) is 15.4. The van der Waals surface area contributed by atoms with Crippen LogP contribution in [0.3, 0.4) is 0 Å².